The van der Waals surface area contributed by atoms with Gasteiger partial charge < -0.3 is 15.4 Å². The van der Waals surface area contributed by atoms with Gasteiger partial charge in [-0.1, -0.05) is 0 Å². The molecular weight excluding hydrogens is 467 g/mol. The van der Waals surface area contributed by atoms with Gasteiger partial charge in [-0.15, -0.1) is 0 Å². The van der Waals surface area contributed by atoms with Gasteiger partial charge in [-0.2, -0.15) is 15.5 Å². The number of aromatic amines is 1. The number of halogens is 1. The van der Waals surface area contributed by atoms with Gasteiger partial charge in [-0.3, -0.25) is 14.2 Å². The summed E-state index contributed by atoms with van der Waals surface area (Å²) in [5, 5.41) is 26.5. The molecule has 5 rings (SSSR count). The first-order valence-corrected chi connectivity index (χ1v) is 11.5. The summed E-state index contributed by atoms with van der Waals surface area (Å²) in [7, 11) is 1.81. The van der Waals surface area contributed by atoms with Crippen LogP contribution in [0.5, 0.6) is 0 Å². The zero-order valence-electron chi connectivity index (χ0n) is 19.9. The number of fused-ring (bicyclic) bond motifs is 1. The van der Waals surface area contributed by atoms with Gasteiger partial charge in [0.1, 0.15) is 18.3 Å². The van der Waals surface area contributed by atoms with Gasteiger partial charge in [-0.25, -0.2) is 19.2 Å². The van der Waals surface area contributed by atoms with Gasteiger partial charge in [0.05, 0.1) is 17.5 Å². The predicted octanol–water partition coefficient (Wildman–Crippen LogP) is 3.19. The van der Waals surface area contributed by atoms with Crippen molar-refractivity contribution >= 4 is 23.5 Å². The average Bonchev–Trinajstić information content (AvgIpc) is 3.62. The SMILES string of the molecule is CC(C)NC(=O)O[C@H]1CC[C@@H](c2cc(Nc3ncc(-c4ccnn4C)c4nc(C#N)cn34)n[nH]2)[C@@H]1F. The standard InChI is InChI=1S/C23H25FN10O2/c1-12(2)28-23(35)36-18-5-4-14(20(18)24)16-8-19(32-31-16)30-22-26-10-15(17-6-7-27-33(17)3)21-29-13(9-25)11-34(21)22/h6-8,10-12,14,18,20H,4-5H2,1-3H3,(H,28,35)(H2,26,30,31,32)/t14-,18-,20-/m0/s1. The number of amides is 1. The molecule has 0 unspecified atom stereocenters. The number of imidazole rings is 1. The molecule has 4 aromatic heterocycles. The van der Waals surface area contributed by atoms with E-state index in [4.69, 9.17) is 4.74 Å². The molecule has 3 N–H and O–H groups in total. The largest absolute Gasteiger partial charge is 0.443 e. The van der Waals surface area contributed by atoms with Crippen molar-refractivity contribution in [2.75, 3.05) is 5.32 Å². The van der Waals surface area contributed by atoms with Crippen molar-refractivity contribution in [3.05, 3.63) is 42.1 Å². The maximum Gasteiger partial charge on any atom is 0.407 e. The second-order valence-corrected chi connectivity index (χ2v) is 8.97. The van der Waals surface area contributed by atoms with E-state index in [1.54, 1.807) is 33.7 Å². The highest BCUT2D eigenvalue weighted by molar-refractivity contribution is 5.77. The number of hydrogen-bond acceptors (Lipinski definition) is 8. The van der Waals surface area contributed by atoms with Crippen LogP contribution in [-0.2, 0) is 11.8 Å². The number of rotatable bonds is 6. The maximum absolute atomic E-state index is 15.1. The molecule has 1 saturated carbocycles. The average molecular weight is 493 g/mol. The lowest BCUT2D eigenvalue weighted by Gasteiger charge is -2.18. The number of H-pyrrole nitrogens is 1. The predicted molar refractivity (Wildman–Crippen MR) is 127 cm³/mol. The highest BCUT2D eigenvalue weighted by Gasteiger charge is 2.41. The van der Waals surface area contributed by atoms with Gasteiger partial charge in [-0.05, 0) is 32.8 Å². The van der Waals surface area contributed by atoms with Crippen LogP contribution in [0.25, 0.3) is 16.9 Å². The first-order chi connectivity index (χ1) is 17.3. The van der Waals surface area contributed by atoms with E-state index in [1.165, 1.54) is 0 Å². The van der Waals surface area contributed by atoms with E-state index in [1.807, 2.05) is 27.0 Å². The Morgan fingerprint density at radius 2 is 2.22 bits per heavy atom. The molecule has 0 aromatic carbocycles. The number of aryl methyl sites for hydroxylation is 1. The van der Waals surface area contributed by atoms with E-state index in [0.29, 0.717) is 41.5 Å². The van der Waals surface area contributed by atoms with Crippen LogP contribution in [-0.4, -0.2) is 58.8 Å². The van der Waals surface area contributed by atoms with Gasteiger partial charge in [0.15, 0.2) is 17.2 Å². The van der Waals surface area contributed by atoms with E-state index in [0.717, 1.165) is 5.69 Å². The molecule has 0 radical (unpaired) electrons. The molecule has 0 aliphatic heterocycles. The summed E-state index contributed by atoms with van der Waals surface area (Å²) < 4.78 is 23.7. The van der Waals surface area contributed by atoms with Crippen LogP contribution in [0.4, 0.5) is 21.0 Å². The van der Waals surface area contributed by atoms with Crippen molar-refractivity contribution in [2.24, 2.45) is 7.05 Å². The number of hydrogen-bond donors (Lipinski definition) is 3. The molecule has 1 aliphatic rings. The van der Waals surface area contributed by atoms with Crippen LogP contribution in [0.1, 0.15) is 44.0 Å². The molecule has 1 fully saturated rings. The summed E-state index contributed by atoms with van der Waals surface area (Å²) in [6.07, 6.45) is 3.04. The normalized spacial score (nSPS) is 19.5. The lowest BCUT2D eigenvalue weighted by Crippen LogP contribution is -2.36. The first kappa shape index (κ1) is 23.3. The second kappa shape index (κ2) is 9.29. The van der Waals surface area contributed by atoms with Gasteiger partial charge in [0, 0.05) is 43.2 Å². The summed E-state index contributed by atoms with van der Waals surface area (Å²) in [5.41, 5.74) is 2.86. The molecular formula is C23H25FN10O2. The Morgan fingerprint density at radius 1 is 1.39 bits per heavy atom. The Morgan fingerprint density at radius 3 is 2.94 bits per heavy atom. The fourth-order valence-corrected chi connectivity index (χ4v) is 4.43. The molecule has 3 atom stereocenters. The number of ether oxygens (including phenoxy) is 1. The van der Waals surface area contributed by atoms with E-state index in [2.05, 4.69) is 42.0 Å². The van der Waals surface area contributed by atoms with Crippen molar-refractivity contribution in [2.45, 2.75) is 50.9 Å². The first-order valence-electron chi connectivity index (χ1n) is 11.5. The van der Waals surface area contributed by atoms with E-state index in [9.17, 15) is 10.1 Å². The van der Waals surface area contributed by atoms with E-state index < -0.39 is 24.3 Å². The van der Waals surface area contributed by atoms with Gasteiger partial charge >= 0.3 is 6.09 Å². The number of nitriles is 1. The Labute approximate surface area is 205 Å². The Hall–Kier alpha value is -4.47. The van der Waals surface area contributed by atoms with Crippen molar-refractivity contribution in [3.63, 3.8) is 0 Å². The molecule has 186 valence electrons. The van der Waals surface area contributed by atoms with Gasteiger partial charge in [0.2, 0.25) is 5.95 Å². The van der Waals surface area contributed by atoms with Crippen LogP contribution in [0.3, 0.4) is 0 Å². The van der Waals surface area contributed by atoms with Crippen LogP contribution in [0, 0.1) is 11.3 Å². The van der Waals surface area contributed by atoms with Gasteiger partial charge in [0.25, 0.3) is 0 Å². The fourth-order valence-electron chi connectivity index (χ4n) is 4.43. The van der Waals surface area contributed by atoms with Crippen molar-refractivity contribution < 1.29 is 13.9 Å². The Kier molecular flexibility index (Phi) is 6.01. The Balaban J connectivity index is 1.36. The number of carbonyl (C=O) groups excluding carboxylic acids is 1. The quantitative estimate of drug-likeness (QED) is 0.371. The van der Waals surface area contributed by atoms with Crippen LogP contribution in [0.2, 0.25) is 0 Å². The van der Waals surface area contributed by atoms with E-state index >= 15 is 4.39 Å². The maximum atomic E-state index is 15.1. The third-order valence-corrected chi connectivity index (χ3v) is 6.11. The number of alkyl carbamates (subject to hydrolysis) is 1. The highest BCUT2D eigenvalue weighted by atomic mass is 19.1. The van der Waals surface area contributed by atoms with Crippen molar-refractivity contribution in [3.8, 4) is 17.3 Å². The minimum atomic E-state index is -1.36. The van der Waals surface area contributed by atoms with Crippen molar-refractivity contribution in [1.29, 1.82) is 5.26 Å². The molecule has 4 heterocycles. The molecule has 0 spiro atoms. The molecule has 0 saturated heterocycles. The number of aromatic nitrogens is 7. The number of nitrogens with zero attached hydrogens (tertiary/aromatic N) is 7. The van der Waals surface area contributed by atoms with Crippen molar-refractivity contribution in [1.82, 2.24) is 39.7 Å². The van der Waals surface area contributed by atoms with Crippen LogP contribution in [0.15, 0.2) is 30.7 Å². The monoisotopic (exact) mass is 492 g/mol. The third kappa shape index (κ3) is 4.33. The second-order valence-electron chi connectivity index (χ2n) is 8.97. The summed E-state index contributed by atoms with van der Waals surface area (Å²) in [6, 6.07) is 5.51. The molecule has 4 aromatic rings. The third-order valence-electron chi connectivity index (χ3n) is 6.11. The number of carbonyl (C=O) groups is 1. The summed E-state index contributed by atoms with van der Waals surface area (Å²) in [5.74, 6) is 0.328. The smallest absolute Gasteiger partial charge is 0.407 e. The molecule has 1 amide bonds. The molecule has 12 nitrogen and oxygen atoms in total. The molecule has 0 bridgehead atoms. The zero-order chi connectivity index (χ0) is 25.4. The number of nitrogens with one attached hydrogen (secondary N) is 3. The summed E-state index contributed by atoms with van der Waals surface area (Å²) in [6.45, 7) is 3.62. The fraction of sp³-hybridized carbons (Fsp3) is 0.391. The molecule has 1 aliphatic carbocycles. The topological polar surface area (TPSA) is 151 Å². The number of alkyl halides is 1. The lowest BCUT2D eigenvalue weighted by molar-refractivity contribution is 0.0555. The highest BCUT2D eigenvalue weighted by Crippen LogP contribution is 2.38. The van der Waals surface area contributed by atoms with Crippen LogP contribution < -0.4 is 10.6 Å². The Bertz CT molecular complexity index is 1450. The number of anilines is 2. The lowest BCUT2D eigenvalue weighted by atomic mass is 10.0. The zero-order valence-corrected chi connectivity index (χ0v) is 19.9. The summed E-state index contributed by atoms with van der Waals surface area (Å²) in [4.78, 5) is 20.8. The van der Waals surface area contributed by atoms with E-state index in [-0.39, 0.29) is 11.7 Å². The molecule has 13 heteroatoms. The minimum Gasteiger partial charge on any atom is -0.443 e. The molecule has 36 heavy (non-hydrogen) atoms. The summed E-state index contributed by atoms with van der Waals surface area (Å²) >= 11 is 0. The minimum absolute atomic E-state index is 0.0907. The van der Waals surface area contributed by atoms with Crippen LogP contribution >= 0.6 is 0 Å².